The first-order valence-electron chi connectivity index (χ1n) is 7.81. The van der Waals surface area contributed by atoms with E-state index in [0.717, 1.165) is 31.4 Å². The lowest BCUT2D eigenvalue weighted by Crippen LogP contribution is -2.20. The summed E-state index contributed by atoms with van der Waals surface area (Å²) >= 11 is 0. The molecule has 8 nitrogen and oxygen atoms in total. The van der Waals surface area contributed by atoms with Crippen LogP contribution < -0.4 is 5.32 Å². The summed E-state index contributed by atoms with van der Waals surface area (Å²) in [5, 5.41) is 24.2. The van der Waals surface area contributed by atoms with Gasteiger partial charge in [0.25, 0.3) is 5.91 Å². The second-order valence-corrected chi connectivity index (χ2v) is 5.81. The van der Waals surface area contributed by atoms with Gasteiger partial charge in [-0.3, -0.25) is 14.6 Å². The van der Waals surface area contributed by atoms with E-state index in [0.29, 0.717) is 16.9 Å². The highest BCUT2D eigenvalue weighted by atomic mass is 16.5. The fraction of sp³-hybridized carbons (Fsp3) is 0.312. The Labute approximate surface area is 137 Å². The van der Waals surface area contributed by atoms with Crippen LogP contribution in [0.25, 0.3) is 10.9 Å². The number of carbonyl (C=O) groups is 1. The molecular formula is C16H17N5O3. The molecule has 0 atom stereocenters. The number of hydrogen-bond acceptors (Lipinski definition) is 5. The van der Waals surface area contributed by atoms with Crippen molar-refractivity contribution in [3.8, 4) is 5.75 Å². The maximum Gasteiger partial charge on any atom is 0.260 e. The predicted molar refractivity (Wildman–Crippen MR) is 87.0 cm³/mol. The van der Waals surface area contributed by atoms with E-state index in [1.165, 1.54) is 0 Å². The Balaban J connectivity index is 1.52. The second kappa shape index (κ2) is 5.97. The third-order valence-electron chi connectivity index (χ3n) is 4.21. The molecule has 124 valence electrons. The van der Waals surface area contributed by atoms with Gasteiger partial charge in [-0.15, -0.1) is 0 Å². The maximum atomic E-state index is 12.4. The lowest BCUT2D eigenvalue weighted by Gasteiger charge is -2.22. The number of aromatic hydroxyl groups is 1. The molecule has 0 saturated carbocycles. The van der Waals surface area contributed by atoms with Crippen molar-refractivity contribution in [2.75, 3.05) is 18.5 Å². The van der Waals surface area contributed by atoms with Crippen molar-refractivity contribution in [2.24, 2.45) is 0 Å². The SMILES string of the molecule is O=C(Nc1n[nH]c2cc(O)ccc12)c1cnn(C2CCOCC2)c1. The van der Waals surface area contributed by atoms with Crippen LogP contribution in [0.2, 0.25) is 0 Å². The fourth-order valence-electron chi connectivity index (χ4n) is 2.89. The number of carbonyl (C=O) groups excluding carboxylic acids is 1. The second-order valence-electron chi connectivity index (χ2n) is 5.81. The van der Waals surface area contributed by atoms with Crippen molar-refractivity contribution >= 4 is 22.6 Å². The number of benzene rings is 1. The van der Waals surface area contributed by atoms with Crippen molar-refractivity contribution in [1.82, 2.24) is 20.0 Å². The Hall–Kier alpha value is -2.87. The molecule has 3 heterocycles. The van der Waals surface area contributed by atoms with Crippen LogP contribution >= 0.6 is 0 Å². The molecule has 24 heavy (non-hydrogen) atoms. The van der Waals surface area contributed by atoms with Gasteiger partial charge in [-0.2, -0.15) is 10.2 Å². The number of aromatic nitrogens is 4. The maximum absolute atomic E-state index is 12.4. The van der Waals surface area contributed by atoms with Crippen LogP contribution in [0, 0.1) is 0 Å². The average Bonchev–Trinajstić information content (AvgIpc) is 3.23. The molecule has 1 saturated heterocycles. The van der Waals surface area contributed by atoms with Crippen molar-refractivity contribution < 1.29 is 14.6 Å². The minimum Gasteiger partial charge on any atom is -0.508 e. The van der Waals surface area contributed by atoms with E-state index < -0.39 is 0 Å². The zero-order chi connectivity index (χ0) is 16.5. The molecule has 3 aromatic rings. The Morgan fingerprint density at radius 3 is 3.04 bits per heavy atom. The van der Waals surface area contributed by atoms with Crippen molar-refractivity contribution in [2.45, 2.75) is 18.9 Å². The van der Waals surface area contributed by atoms with Crippen LogP contribution in [0.15, 0.2) is 30.6 Å². The van der Waals surface area contributed by atoms with Crippen LogP contribution in [0.4, 0.5) is 5.82 Å². The van der Waals surface area contributed by atoms with Gasteiger partial charge in [0.2, 0.25) is 0 Å². The smallest absolute Gasteiger partial charge is 0.260 e. The highest BCUT2D eigenvalue weighted by molar-refractivity contribution is 6.07. The molecule has 3 N–H and O–H groups in total. The molecule has 0 aliphatic carbocycles. The van der Waals surface area contributed by atoms with Crippen LogP contribution in [0.3, 0.4) is 0 Å². The molecule has 1 amide bonds. The number of phenols is 1. The summed E-state index contributed by atoms with van der Waals surface area (Å²) in [4.78, 5) is 12.4. The van der Waals surface area contributed by atoms with Gasteiger partial charge in [0.05, 0.1) is 23.3 Å². The first kappa shape index (κ1) is 14.7. The van der Waals surface area contributed by atoms with E-state index in [1.807, 2.05) is 4.68 Å². The predicted octanol–water partition coefficient (Wildman–Crippen LogP) is 2.07. The Bertz CT molecular complexity index is 879. The summed E-state index contributed by atoms with van der Waals surface area (Å²) in [6, 6.07) is 5.09. The van der Waals surface area contributed by atoms with Gasteiger partial charge in [-0.1, -0.05) is 0 Å². The van der Waals surface area contributed by atoms with E-state index in [1.54, 1.807) is 30.6 Å². The minimum absolute atomic E-state index is 0.141. The molecule has 1 fully saturated rings. The number of rotatable bonds is 3. The highest BCUT2D eigenvalue weighted by Gasteiger charge is 2.19. The highest BCUT2D eigenvalue weighted by Crippen LogP contribution is 2.25. The summed E-state index contributed by atoms with van der Waals surface area (Å²) in [5.41, 5.74) is 1.14. The summed E-state index contributed by atoms with van der Waals surface area (Å²) < 4.78 is 7.18. The Morgan fingerprint density at radius 2 is 2.21 bits per heavy atom. The van der Waals surface area contributed by atoms with E-state index in [4.69, 9.17) is 4.74 Å². The molecule has 0 bridgehead atoms. The number of hydrogen-bond donors (Lipinski definition) is 3. The number of ether oxygens (including phenoxy) is 1. The van der Waals surface area contributed by atoms with Crippen molar-refractivity contribution in [3.63, 3.8) is 0 Å². The molecule has 1 aliphatic heterocycles. The lowest BCUT2D eigenvalue weighted by atomic mass is 10.1. The summed E-state index contributed by atoms with van der Waals surface area (Å²) in [5.74, 6) is 0.297. The van der Waals surface area contributed by atoms with Crippen LogP contribution in [0.1, 0.15) is 29.2 Å². The van der Waals surface area contributed by atoms with Gasteiger partial charge >= 0.3 is 0 Å². The number of anilines is 1. The summed E-state index contributed by atoms with van der Waals surface area (Å²) in [6.07, 6.45) is 5.12. The monoisotopic (exact) mass is 327 g/mol. The number of amides is 1. The van der Waals surface area contributed by atoms with Gasteiger partial charge in [-0.05, 0) is 25.0 Å². The fourth-order valence-corrected chi connectivity index (χ4v) is 2.89. The summed E-state index contributed by atoms with van der Waals surface area (Å²) in [7, 11) is 0. The van der Waals surface area contributed by atoms with Gasteiger partial charge in [0.15, 0.2) is 5.82 Å². The number of aromatic amines is 1. The number of nitrogens with one attached hydrogen (secondary N) is 2. The van der Waals surface area contributed by atoms with Gasteiger partial charge < -0.3 is 15.2 Å². The van der Waals surface area contributed by atoms with Gasteiger partial charge in [0.1, 0.15) is 5.75 Å². The third kappa shape index (κ3) is 2.71. The topological polar surface area (TPSA) is 105 Å². The van der Waals surface area contributed by atoms with Crippen LogP contribution in [0.5, 0.6) is 5.75 Å². The number of phenolic OH excluding ortho intramolecular Hbond substituents is 1. The average molecular weight is 327 g/mol. The molecule has 2 aromatic heterocycles. The zero-order valence-corrected chi connectivity index (χ0v) is 12.9. The van der Waals surface area contributed by atoms with Gasteiger partial charge in [-0.25, -0.2) is 0 Å². The molecule has 4 rings (SSSR count). The number of nitrogens with zero attached hydrogens (tertiary/aromatic N) is 3. The third-order valence-corrected chi connectivity index (χ3v) is 4.21. The molecule has 1 aliphatic rings. The molecule has 8 heteroatoms. The van der Waals surface area contributed by atoms with E-state index in [2.05, 4.69) is 20.6 Å². The standard InChI is InChI=1S/C16H17N5O3/c22-12-1-2-13-14(7-12)19-20-15(13)18-16(23)10-8-17-21(9-10)11-3-5-24-6-4-11/h1-2,7-9,11,22H,3-6H2,(H2,18,19,20,23). The van der Waals surface area contributed by atoms with Crippen molar-refractivity contribution in [1.29, 1.82) is 0 Å². The Morgan fingerprint density at radius 1 is 1.38 bits per heavy atom. The van der Waals surface area contributed by atoms with Crippen LogP contribution in [-0.4, -0.2) is 44.2 Å². The number of H-pyrrole nitrogens is 1. The molecule has 0 unspecified atom stereocenters. The normalized spacial score (nSPS) is 15.7. The molecule has 0 radical (unpaired) electrons. The zero-order valence-electron chi connectivity index (χ0n) is 12.9. The minimum atomic E-state index is -0.269. The van der Waals surface area contributed by atoms with Crippen LogP contribution in [-0.2, 0) is 4.74 Å². The first-order chi connectivity index (χ1) is 11.7. The quantitative estimate of drug-likeness (QED) is 0.683. The van der Waals surface area contributed by atoms with E-state index >= 15 is 0 Å². The number of fused-ring (bicyclic) bond motifs is 1. The molecular weight excluding hydrogens is 310 g/mol. The Kier molecular flexibility index (Phi) is 3.66. The van der Waals surface area contributed by atoms with Crippen molar-refractivity contribution in [3.05, 3.63) is 36.2 Å². The van der Waals surface area contributed by atoms with Gasteiger partial charge in [0, 0.05) is 30.9 Å². The largest absolute Gasteiger partial charge is 0.508 e. The summed E-state index contributed by atoms with van der Waals surface area (Å²) in [6.45, 7) is 1.44. The lowest BCUT2D eigenvalue weighted by molar-refractivity contribution is 0.0662. The molecule has 0 spiro atoms. The first-order valence-corrected chi connectivity index (χ1v) is 7.81. The van der Waals surface area contributed by atoms with E-state index in [-0.39, 0.29) is 17.7 Å². The van der Waals surface area contributed by atoms with E-state index in [9.17, 15) is 9.90 Å². The molecule has 1 aromatic carbocycles.